The van der Waals surface area contributed by atoms with Gasteiger partial charge in [0, 0.05) is 25.7 Å². The number of para-hydroxylation sites is 1. The van der Waals surface area contributed by atoms with Crippen molar-refractivity contribution in [3.63, 3.8) is 0 Å². The summed E-state index contributed by atoms with van der Waals surface area (Å²) < 4.78 is 33.3. The first-order chi connectivity index (χ1) is 9.12. The summed E-state index contributed by atoms with van der Waals surface area (Å²) in [5, 5.41) is -0.896. The van der Waals surface area contributed by atoms with E-state index < -0.39 is 27.0 Å². The third-order valence-corrected chi connectivity index (χ3v) is 4.13. The van der Waals surface area contributed by atoms with Crippen molar-refractivity contribution < 1.29 is 27.5 Å². The fourth-order valence-corrected chi connectivity index (χ4v) is 2.22. The Hall–Kier alpha value is -1.89. The molecule has 0 aliphatic rings. The highest BCUT2D eigenvalue weighted by Crippen LogP contribution is 2.37. The van der Waals surface area contributed by atoms with Crippen molar-refractivity contribution in [1.29, 1.82) is 0 Å². The van der Waals surface area contributed by atoms with Crippen molar-refractivity contribution in [2.24, 2.45) is 0 Å². The molecule has 0 fully saturated rings. The van der Waals surface area contributed by atoms with Gasteiger partial charge in [-0.1, -0.05) is 12.1 Å². The molecule has 7 heteroatoms. The quantitative estimate of drug-likeness (QED) is 0.620. The molecule has 6 nitrogen and oxygen atoms in total. The summed E-state index contributed by atoms with van der Waals surface area (Å²) >= 11 is 0. The predicted molar refractivity (Wildman–Crippen MR) is 72.3 cm³/mol. The number of sulfone groups is 1. The van der Waals surface area contributed by atoms with Gasteiger partial charge in [-0.2, -0.15) is 0 Å². The van der Waals surface area contributed by atoms with Crippen LogP contribution in [0.1, 0.15) is 31.6 Å². The zero-order chi connectivity index (χ0) is 15.5. The van der Waals surface area contributed by atoms with E-state index in [1.54, 1.807) is 0 Å². The highest BCUT2D eigenvalue weighted by Gasteiger charge is 2.25. The average molecular weight is 300 g/mol. The maximum atomic E-state index is 11.7. The van der Waals surface area contributed by atoms with Crippen LogP contribution in [0.5, 0.6) is 11.5 Å². The number of carbonyl (C=O) groups is 2. The van der Waals surface area contributed by atoms with E-state index in [4.69, 9.17) is 9.47 Å². The van der Waals surface area contributed by atoms with E-state index >= 15 is 0 Å². The van der Waals surface area contributed by atoms with Gasteiger partial charge >= 0.3 is 11.9 Å². The second-order valence-corrected chi connectivity index (χ2v) is 6.70. The number of carbonyl (C=O) groups excluding carboxylic acids is 2. The Morgan fingerprint density at radius 3 is 2.10 bits per heavy atom. The van der Waals surface area contributed by atoms with Crippen LogP contribution < -0.4 is 9.47 Å². The van der Waals surface area contributed by atoms with E-state index in [0.29, 0.717) is 0 Å². The number of ether oxygens (including phenoxy) is 2. The number of hydrogen-bond donors (Lipinski definition) is 0. The molecule has 0 aromatic heterocycles. The lowest BCUT2D eigenvalue weighted by molar-refractivity contribution is -0.134. The minimum Gasteiger partial charge on any atom is -0.423 e. The molecular weight excluding hydrogens is 284 g/mol. The van der Waals surface area contributed by atoms with Crippen molar-refractivity contribution in [3.05, 3.63) is 23.8 Å². The van der Waals surface area contributed by atoms with E-state index in [-0.39, 0.29) is 17.1 Å². The molecule has 1 aromatic rings. The van der Waals surface area contributed by atoms with Gasteiger partial charge in [0.2, 0.25) is 0 Å². The van der Waals surface area contributed by atoms with E-state index in [0.717, 1.165) is 6.26 Å². The largest absolute Gasteiger partial charge is 0.423 e. The Kier molecular flexibility index (Phi) is 4.88. The van der Waals surface area contributed by atoms with Gasteiger partial charge in [-0.3, -0.25) is 9.59 Å². The van der Waals surface area contributed by atoms with Crippen LogP contribution in [0.4, 0.5) is 0 Å². The van der Waals surface area contributed by atoms with Gasteiger partial charge in [0.15, 0.2) is 21.3 Å². The molecule has 0 N–H and O–H groups in total. The number of hydrogen-bond acceptors (Lipinski definition) is 6. The smallest absolute Gasteiger partial charge is 0.308 e. The van der Waals surface area contributed by atoms with Crippen LogP contribution in [0.2, 0.25) is 0 Å². The Morgan fingerprint density at radius 2 is 1.65 bits per heavy atom. The van der Waals surface area contributed by atoms with E-state index in [2.05, 4.69) is 0 Å². The molecule has 0 saturated heterocycles. The zero-order valence-electron chi connectivity index (χ0n) is 11.7. The lowest BCUT2D eigenvalue weighted by atomic mass is 10.1. The van der Waals surface area contributed by atoms with Crippen molar-refractivity contribution in [2.45, 2.75) is 26.0 Å². The summed E-state index contributed by atoms with van der Waals surface area (Å²) in [6.45, 7) is 3.85. The second-order valence-electron chi connectivity index (χ2n) is 4.33. The third-order valence-electron chi connectivity index (χ3n) is 2.59. The first kappa shape index (κ1) is 16.2. The SMILES string of the molecule is CC(=O)Oc1cccc(C(C)S(C)(=O)=O)c1OC(C)=O. The summed E-state index contributed by atoms with van der Waals surface area (Å²) in [6.07, 6.45) is 1.08. The molecule has 0 spiro atoms. The molecule has 0 saturated carbocycles. The first-order valence-corrected chi connectivity index (χ1v) is 7.77. The van der Waals surface area contributed by atoms with Crippen LogP contribution in [0.15, 0.2) is 18.2 Å². The first-order valence-electron chi connectivity index (χ1n) is 5.81. The van der Waals surface area contributed by atoms with E-state index in [1.807, 2.05) is 0 Å². The Balaban J connectivity index is 3.43. The van der Waals surface area contributed by atoms with Gasteiger partial charge in [0.05, 0.1) is 5.25 Å². The molecular formula is C13H16O6S. The summed E-state index contributed by atoms with van der Waals surface area (Å²) in [7, 11) is -3.39. The van der Waals surface area contributed by atoms with Crippen LogP contribution in [-0.4, -0.2) is 26.6 Å². The van der Waals surface area contributed by atoms with Crippen LogP contribution >= 0.6 is 0 Å². The lowest BCUT2D eigenvalue weighted by Crippen LogP contribution is -2.13. The molecule has 1 aromatic carbocycles. The topological polar surface area (TPSA) is 86.7 Å². The predicted octanol–water partition coefficient (Wildman–Crippen LogP) is 1.64. The van der Waals surface area contributed by atoms with Crippen LogP contribution in [0, 0.1) is 0 Å². The zero-order valence-corrected chi connectivity index (χ0v) is 12.5. The van der Waals surface area contributed by atoms with Crippen LogP contribution in [0.3, 0.4) is 0 Å². The van der Waals surface area contributed by atoms with Gasteiger partial charge in [-0.25, -0.2) is 8.42 Å². The molecule has 1 rings (SSSR count). The Labute approximate surface area is 117 Å². The molecule has 20 heavy (non-hydrogen) atoms. The normalized spacial score (nSPS) is 12.6. The number of esters is 2. The molecule has 0 aliphatic carbocycles. The molecule has 1 unspecified atom stereocenters. The monoisotopic (exact) mass is 300 g/mol. The minimum atomic E-state index is -3.39. The highest BCUT2D eigenvalue weighted by atomic mass is 32.2. The summed E-state index contributed by atoms with van der Waals surface area (Å²) in [6, 6.07) is 4.47. The van der Waals surface area contributed by atoms with Gasteiger partial charge in [0.1, 0.15) is 0 Å². The van der Waals surface area contributed by atoms with E-state index in [1.165, 1.54) is 39.0 Å². The van der Waals surface area contributed by atoms with Crippen LogP contribution in [0.25, 0.3) is 0 Å². The van der Waals surface area contributed by atoms with Crippen molar-refractivity contribution in [2.75, 3.05) is 6.26 Å². The van der Waals surface area contributed by atoms with Gasteiger partial charge in [0.25, 0.3) is 0 Å². The third kappa shape index (κ3) is 4.06. The molecule has 0 amide bonds. The maximum absolute atomic E-state index is 11.7. The summed E-state index contributed by atoms with van der Waals surface area (Å²) in [5.41, 5.74) is 0.265. The van der Waals surface area contributed by atoms with Crippen molar-refractivity contribution >= 4 is 21.8 Å². The van der Waals surface area contributed by atoms with Gasteiger partial charge in [-0.15, -0.1) is 0 Å². The number of benzene rings is 1. The Morgan fingerprint density at radius 1 is 1.10 bits per heavy atom. The fraction of sp³-hybridized carbons (Fsp3) is 0.385. The molecule has 0 heterocycles. The second kappa shape index (κ2) is 6.04. The van der Waals surface area contributed by atoms with Gasteiger partial charge < -0.3 is 9.47 Å². The molecule has 110 valence electrons. The molecule has 0 radical (unpaired) electrons. The van der Waals surface area contributed by atoms with Crippen molar-refractivity contribution in [3.8, 4) is 11.5 Å². The fourth-order valence-electron chi connectivity index (χ4n) is 1.57. The van der Waals surface area contributed by atoms with E-state index in [9.17, 15) is 18.0 Å². The Bertz CT molecular complexity index is 632. The highest BCUT2D eigenvalue weighted by molar-refractivity contribution is 7.90. The standard InChI is InChI=1S/C13H16O6S/c1-8(20(4,16)17)11-6-5-7-12(18-9(2)14)13(11)19-10(3)15/h5-8H,1-4H3. The summed E-state index contributed by atoms with van der Waals surface area (Å²) in [4.78, 5) is 22.2. The lowest BCUT2D eigenvalue weighted by Gasteiger charge is -2.16. The molecule has 1 atom stereocenters. The molecule has 0 aliphatic heterocycles. The van der Waals surface area contributed by atoms with Crippen molar-refractivity contribution in [1.82, 2.24) is 0 Å². The summed E-state index contributed by atoms with van der Waals surface area (Å²) in [5.74, 6) is -1.26. The average Bonchev–Trinajstić information content (AvgIpc) is 2.28. The number of rotatable bonds is 4. The van der Waals surface area contributed by atoms with Crippen LogP contribution in [-0.2, 0) is 19.4 Å². The molecule has 0 bridgehead atoms. The minimum absolute atomic E-state index is 0.0145. The maximum Gasteiger partial charge on any atom is 0.308 e. The van der Waals surface area contributed by atoms with Gasteiger partial charge in [-0.05, 0) is 13.0 Å².